The van der Waals surface area contributed by atoms with Crippen LogP contribution in [-0.4, -0.2) is 4.98 Å². The number of hydrogen-bond acceptors (Lipinski definition) is 4. The lowest BCUT2D eigenvalue weighted by Gasteiger charge is -2.10. The molecule has 0 spiro atoms. The van der Waals surface area contributed by atoms with Gasteiger partial charge in [-0.05, 0) is 46.0 Å². The Morgan fingerprint density at radius 3 is 2.52 bits per heavy atom. The van der Waals surface area contributed by atoms with E-state index in [0.717, 1.165) is 32.6 Å². The third-order valence-electron chi connectivity index (χ3n) is 3.89. The van der Waals surface area contributed by atoms with Crippen molar-refractivity contribution < 1.29 is 0 Å². The van der Waals surface area contributed by atoms with Gasteiger partial charge in [0.1, 0.15) is 17.5 Å². The second-order valence-electron chi connectivity index (χ2n) is 6.35. The molecule has 126 valence electrons. The second kappa shape index (κ2) is 7.38. The SMILES string of the molecule is CC(C)Cc1ccc(-c2cc(-c3cc(Br)cs3)c(C#N)c(N)n2)cc1. The van der Waals surface area contributed by atoms with Gasteiger partial charge >= 0.3 is 0 Å². The van der Waals surface area contributed by atoms with E-state index in [2.05, 4.69) is 65.1 Å². The molecule has 0 unspecified atom stereocenters. The number of nitrogen functional groups attached to an aromatic ring is 1. The maximum absolute atomic E-state index is 9.47. The number of benzene rings is 1. The zero-order valence-electron chi connectivity index (χ0n) is 14.1. The first kappa shape index (κ1) is 17.7. The summed E-state index contributed by atoms with van der Waals surface area (Å²) < 4.78 is 0.992. The van der Waals surface area contributed by atoms with E-state index in [1.807, 2.05) is 17.5 Å². The predicted molar refractivity (Wildman–Crippen MR) is 108 cm³/mol. The lowest BCUT2D eigenvalue weighted by atomic mass is 9.99. The number of nitrogens with zero attached hydrogens (tertiary/aromatic N) is 2. The highest BCUT2D eigenvalue weighted by Gasteiger charge is 2.15. The maximum atomic E-state index is 9.47. The van der Waals surface area contributed by atoms with E-state index in [-0.39, 0.29) is 5.82 Å². The van der Waals surface area contributed by atoms with Crippen LogP contribution in [0.4, 0.5) is 5.82 Å². The molecule has 0 saturated carbocycles. The van der Waals surface area contributed by atoms with E-state index in [1.54, 1.807) is 11.3 Å². The van der Waals surface area contributed by atoms with Gasteiger partial charge in [-0.1, -0.05) is 38.1 Å². The summed E-state index contributed by atoms with van der Waals surface area (Å²) in [5.74, 6) is 0.893. The van der Waals surface area contributed by atoms with Crippen LogP contribution in [0, 0.1) is 17.2 Å². The average molecular weight is 412 g/mol. The van der Waals surface area contributed by atoms with Gasteiger partial charge in [-0.15, -0.1) is 11.3 Å². The fraction of sp³-hybridized carbons (Fsp3) is 0.200. The van der Waals surface area contributed by atoms with E-state index >= 15 is 0 Å². The summed E-state index contributed by atoms with van der Waals surface area (Å²) in [6, 6.07) is 14.5. The minimum absolute atomic E-state index is 0.269. The molecule has 1 aromatic carbocycles. The standard InChI is InChI=1S/C20H18BrN3S/c1-12(2)7-13-3-5-14(6-4-13)18-9-16(17(10-22)20(23)24-18)19-8-15(21)11-25-19/h3-6,8-9,11-12H,7H2,1-2H3,(H2,23,24). The number of thiophene rings is 1. The molecule has 3 nitrogen and oxygen atoms in total. The number of pyridine rings is 1. The van der Waals surface area contributed by atoms with Crippen LogP contribution in [0.3, 0.4) is 0 Å². The molecular weight excluding hydrogens is 394 g/mol. The molecule has 0 aliphatic heterocycles. The summed E-state index contributed by atoms with van der Waals surface area (Å²) in [7, 11) is 0. The van der Waals surface area contributed by atoms with E-state index in [0.29, 0.717) is 11.5 Å². The first-order valence-electron chi connectivity index (χ1n) is 8.02. The summed E-state index contributed by atoms with van der Waals surface area (Å²) in [5, 5.41) is 11.5. The zero-order chi connectivity index (χ0) is 18.0. The van der Waals surface area contributed by atoms with Crippen molar-refractivity contribution >= 4 is 33.1 Å². The van der Waals surface area contributed by atoms with Crippen LogP contribution < -0.4 is 5.73 Å². The monoisotopic (exact) mass is 411 g/mol. The predicted octanol–water partition coefficient (Wildman–Crippen LogP) is 5.89. The minimum atomic E-state index is 0.269. The number of rotatable bonds is 4. The number of anilines is 1. The van der Waals surface area contributed by atoms with Crippen LogP contribution in [0.1, 0.15) is 25.0 Å². The topological polar surface area (TPSA) is 62.7 Å². The van der Waals surface area contributed by atoms with Crippen LogP contribution in [0.25, 0.3) is 21.7 Å². The van der Waals surface area contributed by atoms with Gasteiger partial charge in [0.15, 0.2) is 0 Å². The molecule has 3 aromatic rings. The molecule has 3 rings (SSSR count). The Balaban J connectivity index is 2.06. The average Bonchev–Trinajstić information content (AvgIpc) is 3.00. The molecule has 0 aliphatic carbocycles. The Morgan fingerprint density at radius 1 is 1.24 bits per heavy atom. The molecule has 0 radical (unpaired) electrons. The van der Waals surface area contributed by atoms with E-state index in [4.69, 9.17) is 5.73 Å². The second-order valence-corrected chi connectivity index (χ2v) is 8.18. The first-order valence-corrected chi connectivity index (χ1v) is 9.69. The van der Waals surface area contributed by atoms with Crippen molar-refractivity contribution in [3.8, 4) is 27.8 Å². The highest BCUT2D eigenvalue weighted by Crippen LogP contribution is 2.36. The third-order valence-corrected chi connectivity index (χ3v) is 5.61. The van der Waals surface area contributed by atoms with Gasteiger partial charge in [0.2, 0.25) is 0 Å². The van der Waals surface area contributed by atoms with Crippen molar-refractivity contribution in [2.45, 2.75) is 20.3 Å². The largest absolute Gasteiger partial charge is 0.383 e. The van der Waals surface area contributed by atoms with E-state index in [9.17, 15) is 5.26 Å². The molecule has 2 N–H and O–H groups in total. The summed E-state index contributed by atoms with van der Waals surface area (Å²) in [6.07, 6.45) is 1.05. The van der Waals surface area contributed by atoms with Crippen LogP contribution in [0.2, 0.25) is 0 Å². The van der Waals surface area contributed by atoms with Gasteiger partial charge in [0.25, 0.3) is 0 Å². The van der Waals surface area contributed by atoms with Crippen molar-refractivity contribution in [2.24, 2.45) is 5.92 Å². The molecule has 0 amide bonds. The van der Waals surface area contributed by atoms with Gasteiger partial charge in [0, 0.05) is 25.9 Å². The van der Waals surface area contributed by atoms with Crippen molar-refractivity contribution in [1.82, 2.24) is 4.98 Å². The number of halogens is 1. The summed E-state index contributed by atoms with van der Waals surface area (Å²) in [5.41, 5.74) is 10.4. The third kappa shape index (κ3) is 3.92. The molecule has 5 heteroatoms. The van der Waals surface area contributed by atoms with Crippen LogP contribution >= 0.6 is 27.3 Å². The zero-order valence-corrected chi connectivity index (χ0v) is 16.5. The Kier molecular flexibility index (Phi) is 5.22. The molecule has 0 aliphatic rings. The molecule has 0 bridgehead atoms. The lowest BCUT2D eigenvalue weighted by molar-refractivity contribution is 0.647. The minimum Gasteiger partial charge on any atom is -0.383 e. The van der Waals surface area contributed by atoms with Gasteiger partial charge in [-0.3, -0.25) is 0 Å². The normalized spacial score (nSPS) is 10.8. The molecule has 2 heterocycles. The molecule has 2 aromatic heterocycles. The fourth-order valence-electron chi connectivity index (χ4n) is 2.76. The first-order chi connectivity index (χ1) is 12.0. The van der Waals surface area contributed by atoms with Crippen LogP contribution in [0.5, 0.6) is 0 Å². The van der Waals surface area contributed by atoms with Gasteiger partial charge in [0.05, 0.1) is 5.69 Å². The smallest absolute Gasteiger partial charge is 0.142 e. The Hall–Kier alpha value is -2.16. The van der Waals surface area contributed by atoms with Crippen LogP contribution in [0.15, 0.2) is 46.3 Å². The molecule has 0 fully saturated rings. The molecular formula is C20H18BrN3S. The van der Waals surface area contributed by atoms with Gasteiger partial charge in [-0.2, -0.15) is 5.26 Å². The number of nitriles is 1. The van der Waals surface area contributed by atoms with Crippen molar-refractivity contribution in [2.75, 3.05) is 5.73 Å². The Bertz CT molecular complexity index is 937. The maximum Gasteiger partial charge on any atom is 0.142 e. The van der Waals surface area contributed by atoms with Gasteiger partial charge in [-0.25, -0.2) is 4.98 Å². The Labute approximate surface area is 160 Å². The summed E-state index contributed by atoms with van der Waals surface area (Å²) in [4.78, 5) is 5.44. The molecule has 0 atom stereocenters. The molecule has 25 heavy (non-hydrogen) atoms. The van der Waals surface area contributed by atoms with Crippen LogP contribution in [-0.2, 0) is 6.42 Å². The van der Waals surface area contributed by atoms with Crippen molar-refractivity contribution in [3.63, 3.8) is 0 Å². The van der Waals surface area contributed by atoms with Gasteiger partial charge < -0.3 is 5.73 Å². The lowest BCUT2D eigenvalue weighted by Crippen LogP contribution is -1.99. The van der Waals surface area contributed by atoms with Crippen molar-refractivity contribution in [3.05, 3.63) is 57.4 Å². The number of nitrogens with two attached hydrogens (primary N) is 1. The number of hydrogen-bond donors (Lipinski definition) is 1. The summed E-state index contributed by atoms with van der Waals surface area (Å²) in [6.45, 7) is 4.42. The van der Waals surface area contributed by atoms with E-state index < -0.39 is 0 Å². The Morgan fingerprint density at radius 2 is 1.96 bits per heavy atom. The highest BCUT2D eigenvalue weighted by atomic mass is 79.9. The summed E-state index contributed by atoms with van der Waals surface area (Å²) >= 11 is 5.04. The fourth-order valence-corrected chi connectivity index (χ4v) is 4.21. The number of aromatic nitrogens is 1. The highest BCUT2D eigenvalue weighted by molar-refractivity contribution is 9.10. The van der Waals surface area contributed by atoms with E-state index in [1.165, 1.54) is 5.56 Å². The quantitative estimate of drug-likeness (QED) is 0.581. The molecule has 0 saturated heterocycles. The van der Waals surface area contributed by atoms with Crippen molar-refractivity contribution in [1.29, 1.82) is 5.26 Å².